The van der Waals surface area contributed by atoms with E-state index in [2.05, 4.69) is 32.5 Å². The van der Waals surface area contributed by atoms with Crippen LogP contribution in [0.3, 0.4) is 0 Å². The number of carbonyl (C=O) groups is 2. The Hall–Kier alpha value is -2.67. The van der Waals surface area contributed by atoms with Gasteiger partial charge in [0.2, 0.25) is 11.8 Å². The molecule has 1 saturated heterocycles. The lowest BCUT2D eigenvalue weighted by Crippen LogP contribution is -2.60. The van der Waals surface area contributed by atoms with Gasteiger partial charge in [-0.15, -0.1) is 0 Å². The van der Waals surface area contributed by atoms with Gasteiger partial charge in [0.1, 0.15) is 6.04 Å². The molecule has 1 atom stereocenters. The van der Waals surface area contributed by atoms with Gasteiger partial charge in [0.25, 0.3) is 0 Å². The Balaban J connectivity index is 1.58. The monoisotopic (exact) mass is 397 g/mol. The number of aryl methyl sites for hydroxylation is 2. The molecule has 0 saturated carbocycles. The third-order valence-electron chi connectivity index (χ3n) is 5.79. The van der Waals surface area contributed by atoms with E-state index < -0.39 is 0 Å². The van der Waals surface area contributed by atoms with Gasteiger partial charge >= 0.3 is 0 Å². The average Bonchev–Trinajstić information content (AvgIpc) is 3.07. The zero-order chi connectivity index (χ0) is 20.8. The van der Waals surface area contributed by atoms with Crippen molar-refractivity contribution >= 4 is 11.8 Å². The van der Waals surface area contributed by atoms with Crippen LogP contribution in [-0.2, 0) is 22.4 Å². The van der Waals surface area contributed by atoms with Crippen molar-refractivity contribution < 1.29 is 9.59 Å². The van der Waals surface area contributed by atoms with Crippen LogP contribution in [0.5, 0.6) is 0 Å². The van der Waals surface area contributed by atoms with Gasteiger partial charge in [0.05, 0.1) is 5.69 Å². The number of aromatic nitrogens is 2. The molecule has 1 aliphatic heterocycles. The summed E-state index contributed by atoms with van der Waals surface area (Å²) in [5.41, 5.74) is 4.34. The van der Waals surface area contributed by atoms with Crippen LogP contribution < -0.4 is 5.32 Å². The number of nitrogens with one attached hydrogen (secondary N) is 2. The normalized spacial score (nSPS) is 17.3. The van der Waals surface area contributed by atoms with Crippen LogP contribution in [0.4, 0.5) is 0 Å². The largest absolute Gasteiger partial charge is 0.358 e. The van der Waals surface area contributed by atoms with Gasteiger partial charge in [-0.1, -0.05) is 30.3 Å². The number of rotatable bonds is 7. The maximum atomic E-state index is 12.8. The number of H-pyrrole nitrogens is 1. The Kier molecular flexibility index (Phi) is 7.04. The van der Waals surface area contributed by atoms with Gasteiger partial charge in [-0.25, -0.2) is 0 Å². The third kappa shape index (κ3) is 5.23. The molecule has 0 aliphatic carbocycles. The Morgan fingerprint density at radius 1 is 1.17 bits per heavy atom. The second-order valence-electron chi connectivity index (χ2n) is 7.65. The summed E-state index contributed by atoms with van der Waals surface area (Å²) in [6, 6.07) is 9.98. The van der Waals surface area contributed by atoms with Crippen molar-refractivity contribution in [1.82, 2.24) is 25.3 Å². The SMILES string of the molecule is CNC(=O)[C@H]1CN(C(=O)CCc2c(C)n[nH]c2C)CCN1CCc1ccccc1. The van der Waals surface area contributed by atoms with Crippen LogP contribution in [0.2, 0.25) is 0 Å². The van der Waals surface area contributed by atoms with Gasteiger partial charge in [-0.05, 0) is 37.8 Å². The molecule has 7 heteroatoms. The first-order valence-electron chi connectivity index (χ1n) is 10.3. The Morgan fingerprint density at radius 3 is 2.59 bits per heavy atom. The summed E-state index contributed by atoms with van der Waals surface area (Å²) in [7, 11) is 1.66. The molecule has 1 fully saturated rings. The molecule has 0 unspecified atom stereocenters. The van der Waals surface area contributed by atoms with Crippen molar-refractivity contribution in [1.29, 1.82) is 0 Å². The molecule has 156 valence electrons. The molecule has 1 aromatic carbocycles. The molecule has 2 aromatic rings. The molecule has 29 heavy (non-hydrogen) atoms. The lowest BCUT2D eigenvalue weighted by molar-refractivity contribution is -0.138. The summed E-state index contributed by atoms with van der Waals surface area (Å²) in [6.07, 6.45) is 2.00. The number of likely N-dealkylation sites (N-methyl/N-ethyl adjacent to an activating group) is 1. The second kappa shape index (κ2) is 9.69. The van der Waals surface area contributed by atoms with E-state index in [0.29, 0.717) is 32.5 Å². The fourth-order valence-corrected chi connectivity index (χ4v) is 3.98. The highest BCUT2D eigenvalue weighted by molar-refractivity contribution is 5.83. The fraction of sp³-hybridized carbons (Fsp3) is 0.500. The molecule has 0 spiro atoms. The predicted molar refractivity (Wildman–Crippen MR) is 113 cm³/mol. The molecular weight excluding hydrogens is 366 g/mol. The molecule has 0 radical (unpaired) electrons. The first kappa shape index (κ1) is 21.0. The van der Waals surface area contributed by atoms with Crippen LogP contribution in [0, 0.1) is 13.8 Å². The number of nitrogens with zero attached hydrogens (tertiary/aromatic N) is 3. The highest BCUT2D eigenvalue weighted by Gasteiger charge is 2.33. The van der Waals surface area contributed by atoms with Gasteiger partial charge in [0.15, 0.2) is 0 Å². The number of benzene rings is 1. The lowest BCUT2D eigenvalue weighted by atomic mass is 10.1. The molecule has 7 nitrogen and oxygen atoms in total. The van der Waals surface area contributed by atoms with E-state index in [1.807, 2.05) is 36.9 Å². The smallest absolute Gasteiger partial charge is 0.238 e. The minimum atomic E-state index is -0.307. The van der Waals surface area contributed by atoms with Gasteiger partial charge in [0, 0.05) is 45.3 Å². The molecular formula is C22H31N5O2. The van der Waals surface area contributed by atoms with Crippen LogP contribution in [0.25, 0.3) is 0 Å². The van der Waals surface area contributed by atoms with E-state index in [4.69, 9.17) is 0 Å². The minimum absolute atomic E-state index is 0.0305. The van der Waals surface area contributed by atoms with E-state index in [0.717, 1.165) is 29.9 Å². The summed E-state index contributed by atoms with van der Waals surface area (Å²) in [5.74, 6) is 0.0682. The zero-order valence-electron chi connectivity index (χ0n) is 17.6. The van der Waals surface area contributed by atoms with E-state index in [1.54, 1.807) is 7.05 Å². The van der Waals surface area contributed by atoms with E-state index >= 15 is 0 Å². The topological polar surface area (TPSA) is 81.3 Å². The molecule has 2 heterocycles. The lowest BCUT2D eigenvalue weighted by Gasteiger charge is -2.40. The quantitative estimate of drug-likeness (QED) is 0.741. The Bertz CT molecular complexity index is 813. The summed E-state index contributed by atoms with van der Waals surface area (Å²) >= 11 is 0. The van der Waals surface area contributed by atoms with Gasteiger partial charge < -0.3 is 10.2 Å². The molecule has 1 aliphatic rings. The maximum Gasteiger partial charge on any atom is 0.238 e. The molecule has 2 amide bonds. The van der Waals surface area contributed by atoms with Crippen LogP contribution >= 0.6 is 0 Å². The van der Waals surface area contributed by atoms with Crippen molar-refractivity contribution in [2.24, 2.45) is 0 Å². The maximum absolute atomic E-state index is 12.8. The second-order valence-corrected chi connectivity index (χ2v) is 7.65. The highest BCUT2D eigenvalue weighted by Crippen LogP contribution is 2.16. The van der Waals surface area contributed by atoms with Gasteiger partial charge in [-0.2, -0.15) is 5.10 Å². The van der Waals surface area contributed by atoms with Crippen molar-refractivity contribution in [2.75, 3.05) is 33.2 Å². The van der Waals surface area contributed by atoms with E-state index in [1.165, 1.54) is 5.56 Å². The average molecular weight is 398 g/mol. The van der Waals surface area contributed by atoms with E-state index in [9.17, 15) is 9.59 Å². The van der Waals surface area contributed by atoms with Crippen LogP contribution in [0.15, 0.2) is 30.3 Å². The number of piperazine rings is 1. The zero-order valence-corrected chi connectivity index (χ0v) is 17.6. The summed E-state index contributed by atoms with van der Waals surface area (Å²) in [5, 5.41) is 9.93. The van der Waals surface area contributed by atoms with Crippen molar-refractivity contribution in [2.45, 2.75) is 39.2 Å². The van der Waals surface area contributed by atoms with E-state index in [-0.39, 0.29) is 17.9 Å². The summed E-state index contributed by atoms with van der Waals surface area (Å²) < 4.78 is 0. The standard InChI is InChI=1S/C22H31N5O2/c1-16-19(17(2)25-24-16)9-10-21(28)27-14-13-26(20(15-27)22(29)23-3)12-11-18-7-5-4-6-8-18/h4-8,20H,9-15H2,1-3H3,(H,23,29)(H,24,25)/t20-/m1/s1. The summed E-state index contributed by atoms with van der Waals surface area (Å²) in [4.78, 5) is 29.3. The van der Waals surface area contributed by atoms with Crippen molar-refractivity contribution in [3.05, 3.63) is 52.8 Å². The molecule has 3 rings (SSSR count). The fourth-order valence-electron chi connectivity index (χ4n) is 3.98. The Labute approximate surface area is 172 Å². The van der Waals surface area contributed by atoms with Crippen LogP contribution in [0.1, 0.15) is 28.9 Å². The number of carbonyl (C=O) groups excluding carboxylic acids is 2. The van der Waals surface area contributed by atoms with Crippen molar-refractivity contribution in [3.63, 3.8) is 0 Å². The number of hydrogen-bond acceptors (Lipinski definition) is 4. The number of aromatic amines is 1. The summed E-state index contributed by atoms with van der Waals surface area (Å²) in [6.45, 7) is 6.54. The van der Waals surface area contributed by atoms with Gasteiger partial charge in [-0.3, -0.25) is 19.6 Å². The molecule has 1 aromatic heterocycles. The molecule has 0 bridgehead atoms. The Morgan fingerprint density at radius 2 is 1.93 bits per heavy atom. The highest BCUT2D eigenvalue weighted by atomic mass is 16.2. The van der Waals surface area contributed by atoms with Crippen molar-refractivity contribution in [3.8, 4) is 0 Å². The molecule has 2 N–H and O–H groups in total. The number of hydrogen-bond donors (Lipinski definition) is 2. The first-order valence-corrected chi connectivity index (χ1v) is 10.3. The number of amides is 2. The minimum Gasteiger partial charge on any atom is -0.358 e. The predicted octanol–water partition coefficient (Wildman–Crippen LogP) is 1.46. The third-order valence-corrected chi connectivity index (χ3v) is 5.79. The van der Waals surface area contributed by atoms with Crippen LogP contribution in [-0.4, -0.2) is 71.1 Å². The first-order chi connectivity index (χ1) is 14.0.